The normalized spacial score (nSPS) is 12.7. The number of nitrogens with one attached hydrogen (secondary N) is 1. The summed E-state index contributed by atoms with van der Waals surface area (Å²) in [4.78, 5) is 35.0. The summed E-state index contributed by atoms with van der Waals surface area (Å²) < 4.78 is 20.3. The first-order valence-electron chi connectivity index (χ1n) is 8.41. The number of hydrogen-bond acceptors (Lipinski definition) is 8. The molecule has 0 saturated heterocycles. The first kappa shape index (κ1) is 20.8. The van der Waals surface area contributed by atoms with Gasteiger partial charge in [0.1, 0.15) is 6.10 Å². The van der Waals surface area contributed by atoms with E-state index in [0.29, 0.717) is 22.1 Å². The predicted molar refractivity (Wildman–Crippen MR) is 95.7 cm³/mol. The van der Waals surface area contributed by atoms with Crippen LogP contribution in [0.2, 0.25) is 0 Å². The number of hydrogen-bond donors (Lipinski definition) is 1. The van der Waals surface area contributed by atoms with Gasteiger partial charge >= 0.3 is 18.0 Å². The van der Waals surface area contributed by atoms with E-state index in [1.807, 2.05) is 5.43 Å². The lowest BCUT2D eigenvalue weighted by molar-refractivity contribution is -0.443. The van der Waals surface area contributed by atoms with Crippen LogP contribution in [-0.2, 0) is 9.47 Å². The average Bonchev–Trinajstić information content (AvgIpc) is 3.04. The number of nitro groups is 1. The molecule has 1 aromatic rings. The van der Waals surface area contributed by atoms with Crippen LogP contribution in [-0.4, -0.2) is 41.1 Å². The number of amides is 2. The average molecular weight is 395 g/mol. The second kappa shape index (κ2) is 8.93. The number of ether oxygens (including phenoxy) is 4. The van der Waals surface area contributed by atoms with Crippen molar-refractivity contribution >= 4 is 18.3 Å². The van der Waals surface area contributed by atoms with E-state index in [4.69, 9.17) is 18.9 Å². The summed E-state index contributed by atoms with van der Waals surface area (Å²) in [6.07, 6.45) is -2.18. The molecule has 0 atom stereocenters. The standard InChI is InChI=1S/C17H21N3O8/c1-10(2)27-16(21)18-19(17(22)28-11(3)4)15(20(23)24)8-12-5-6-13-14(7-12)26-9-25-13/h5-8,10-11H,9H2,1-4H3,(H,18,21)/b15-8+. The Kier molecular flexibility index (Phi) is 6.64. The lowest BCUT2D eigenvalue weighted by Crippen LogP contribution is -2.48. The molecule has 28 heavy (non-hydrogen) atoms. The molecule has 0 fully saturated rings. The number of benzene rings is 1. The molecule has 0 saturated carbocycles. The zero-order chi connectivity index (χ0) is 20.8. The number of hydrazine groups is 1. The quantitative estimate of drug-likeness (QED) is 0.595. The van der Waals surface area contributed by atoms with Crippen LogP contribution in [0.4, 0.5) is 9.59 Å². The smallest absolute Gasteiger partial charge is 0.454 e. The van der Waals surface area contributed by atoms with Crippen LogP contribution in [0.15, 0.2) is 24.0 Å². The highest BCUT2D eigenvalue weighted by Gasteiger charge is 2.35. The minimum absolute atomic E-state index is 0.0417. The molecule has 0 aromatic heterocycles. The largest absolute Gasteiger partial charge is 0.532 e. The Morgan fingerprint density at radius 1 is 1.18 bits per heavy atom. The van der Waals surface area contributed by atoms with E-state index in [1.165, 1.54) is 12.1 Å². The summed E-state index contributed by atoms with van der Waals surface area (Å²) in [5, 5.41) is 12.0. The first-order chi connectivity index (χ1) is 13.2. The Bertz CT molecular complexity index is 791. The van der Waals surface area contributed by atoms with Gasteiger partial charge in [-0.3, -0.25) is 0 Å². The number of carbonyl (C=O) groups is 2. The second-order valence-corrected chi connectivity index (χ2v) is 6.21. The lowest BCUT2D eigenvalue weighted by atomic mass is 10.2. The minimum atomic E-state index is -1.14. The van der Waals surface area contributed by atoms with E-state index in [1.54, 1.807) is 33.8 Å². The number of fused-ring (bicyclic) bond motifs is 1. The molecule has 1 N–H and O–H groups in total. The highest BCUT2D eigenvalue weighted by molar-refractivity contribution is 5.76. The van der Waals surface area contributed by atoms with Crippen molar-refractivity contribution in [2.24, 2.45) is 0 Å². The van der Waals surface area contributed by atoms with Gasteiger partial charge in [0.15, 0.2) is 11.5 Å². The summed E-state index contributed by atoms with van der Waals surface area (Å²) in [7, 11) is 0. The molecule has 152 valence electrons. The molecule has 0 aliphatic carbocycles. The molecule has 0 spiro atoms. The van der Waals surface area contributed by atoms with Crippen LogP contribution in [0, 0.1) is 10.1 Å². The molecule has 0 radical (unpaired) electrons. The maximum absolute atomic E-state index is 12.3. The minimum Gasteiger partial charge on any atom is -0.454 e. The zero-order valence-electron chi connectivity index (χ0n) is 15.8. The molecule has 2 rings (SSSR count). The van der Waals surface area contributed by atoms with E-state index in [-0.39, 0.29) is 6.79 Å². The van der Waals surface area contributed by atoms with Gasteiger partial charge in [0.2, 0.25) is 6.79 Å². The van der Waals surface area contributed by atoms with Crippen molar-refractivity contribution in [2.45, 2.75) is 39.9 Å². The van der Waals surface area contributed by atoms with Gasteiger partial charge in [0, 0.05) is 6.08 Å². The van der Waals surface area contributed by atoms with Crippen molar-refractivity contribution in [1.82, 2.24) is 10.4 Å². The van der Waals surface area contributed by atoms with Crippen molar-refractivity contribution < 1.29 is 33.5 Å². The van der Waals surface area contributed by atoms with E-state index in [9.17, 15) is 19.7 Å². The molecule has 11 heteroatoms. The van der Waals surface area contributed by atoms with E-state index >= 15 is 0 Å². The number of rotatable bonds is 5. The van der Waals surface area contributed by atoms with Crippen LogP contribution < -0.4 is 14.9 Å². The Balaban J connectivity index is 2.37. The van der Waals surface area contributed by atoms with E-state index in [2.05, 4.69) is 0 Å². The molecule has 1 heterocycles. The zero-order valence-corrected chi connectivity index (χ0v) is 15.8. The monoisotopic (exact) mass is 395 g/mol. The highest BCUT2D eigenvalue weighted by atomic mass is 16.7. The van der Waals surface area contributed by atoms with Crippen LogP contribution in [0.1, 0.15) is 33.3 Å². The third-order valence-corrected chi connectivity index (χ3v) is 3.17. The summed E-state index contributed by atoms with van der Waals surface area (Å²) in [5.41, 5.74) is 2.38. The maximum atomic E-state index is 12.3. The Labute approximate surface area is 160 Å². The number of nitrogens with zero attached hydrogens (tertiary/aromatic N) is 2. The SMILES string of the molecule is CC(C)OC(=O)NN(C(=O)OC(C)C)/C(=C\c1ccc2c(c1)OCO2)[N+](=O)[O-]. The summed E-state index contributed by atoms with van der Waals surface area (Å²) in [5.74, 6) is 0.152. The fraction of sp³-hybridized carbons (Fsp3) is 0.412. The fourth-order valence-electron chi connectivity index (χ4n) is 2.13. The lowest BCUT2D eigenvalue weighted by Gasteiger charge is -2.18. The van der Waals surface area contributed by atoms with Gasteiger partial charge < -0.3 is 29.1 Å². The molecule has 1 aromatic carbocycles. The van der Waals surface area contributed by atoms with Gasteiger partial charge in [0.25, 0.3) is 0 Å². The number of carbonyl (C=O) groups excluding carboxylic acids is 2. The molecule has 2 amide bonds. The third-order valence-electron chi connectivity index (χ3n) is 3.17. The van der Waals surface area contributed by atoms with Crippen molar-refractivity contribution in [3.05, 3.63) is 39.7 Å². The van der Waals surface area contributed by atoms with Crippen molar-refractivity contribution in [1.29, 1.82) is 0 Å². The molecule has 1 aliphatic heterocycles. The summed E-state index contributed by atoms with van der Waals surface area (Å²) >= 11 is 0. The molecule has 1 aliphatic rings. The molecular formula is C17H21N3O8. The Morgan fingerprint density at radius 2 is 1.82 bits per heavy atom. The van der Waals surface area contributed by atoms with E-state index in [0.717, 1.165) is 6.08 Å². The van der Waals surface area contributed by atoms with Crippen molar-refractivity contribution in [3.8, 4) is 11.5 Å². The van der Waals surface area contributed by atoms with Crippen molar-refractivity contribution in [3.63, 3.8) is 0 Å². The molecule has 0 unspecified atom stereocenters. The third kappa shape index (κ3) is 5.50. The summed E-state index contributed by atoms with van der Waals surface area (Å²) in [6.45, 7) is 6.35. The Morgan fingerprint density at radius 3 is 2.43 bits per heavy atom. The highest BCUT2D eigenvalue weighted by Crippen LogP contribution is 2.33. The molecular weight excluding hydrogens is 374 g/mol. The van der Waals surface area contributed by atoms with Crippen molar-refractivity contribution in [2.75, 3.05) is 6.79 Å². The van der Waals surface area contributed by atoms with Gasteiger partial charge in [-0.2, -0.15) is 4.79 Å². The van der Waals surface area contributed by atoms with Gasteiger partial charge in [-0.15, -0.1) is 5.43 Å². The van der Waals surface area contributed by atoms with Gasteiger partial charge in [0.05, 0.1) is 6.10 Å². The molecule has 0 bridgehead atoms. The van der Waals surface area contributed by atoms with Crippen LogP contribution in [0.3, 0.4) is 0 Å². The van der Waals surface area contributed by atoms with Crippen LogP contribution >= 0.6 is 0 Å². The van der Waals surface area contributed by atoms with Gasteiger partial charge in [-0.05, 0) is 55.3 Å². The maximum Gasteiger partial charge on any atom is 0.532 e. The predicted octanol–water partition coefficient (Wildman–Crippen LogP) is 2.89. The van der Waals surface area contributed by atoms with Crippen LogP contribution in [0.25, 0.3) is 6.08 Å². The van der Waals surface area contributed by atoms with E-state index < -0.39 is 35.1 Å². The van der Waals surface area contributed by atoms with Gasteiger partial charge in [-0.25, -0.2) is 4.79 Å². The second-order valence-electron chi connectivity index (χ2n) is 6.21. The summed E-state index contributed by atoms with van der Waals surface area (Å²) in [6, 6.07) is 4.61. The fourth-order valence-corrected chi connectivity index (χ4v) is 2.13. The van der Waals surface area contributed by atoms with Gasteiger partial charge in [-0.1, -0.05) is 6.07 Å². The topological polar surface area (TPSA) is 129 Å². The van der Waals surface area contributed by atoms with Crippen LogP contribution in [0.5, 0.6) is 11.5 Å². The Hall–Kier alpha value is -3.50. The first-order valence-corrected chi connectivity index (χ1v) is 8.41. The molecule has 11 nitrogen and oxygen atoms in total.